The van der Waals surface area contributed by atoms with Gasteiger partial charge in [0.1, 0.15) is 0 Å². The van der Waals surface area contributed by atoms with Crippen LogP contribution in [0.2, 0.25) is 0 Å². The van der Waals surface area contributed by atoms with Gasteiger partial charge in [-0.2, -0.15) is 0 Å². The van der Waals surface area contributed by atoms with E-state index in [2.05, 4.69) is 25.7 Å². The molecule has 3 N–H and O–H groups in total. The third-order valence-corrected chi connectivity index (χ3v) is 7.70. The number of rotatable bonds is 4. The number of aliphatic hydroxyl groups is 1. The molecule has 4 unspecified atom stereocenters. The van der Waals surface area contributed by atoms with E-state index < -0.39 is 0 Å². The first-order valence-corrected chi connectivity index (χ1v) is 8.58. The fourth-order valence-corrected chi connectivity index (χ4v) is 6.07. The summed E-state index contributed by atoms with van der Waals surface area (Å²) in [5.74, 6) is 0.927. The quantitative estimate of drug-likeness (QED) is 0.825. The minimum Gasteiger partial charge on any atom is -0.396 e. The number of ether oxygens (including phenoxy) is 1. The molecule has 1 saturated heterocycles. The number of morpholine rings is 1. The maximum atomic E-state index is 10.1. The molecule has 4 atom stereocenters. The molecule has 1 heterocycles. The second kappa shape index (κ2) is 5.19. The summed E-state index contributed by atoms with van der Waals surface area (Å²) in [5.41, 5.74) is 6.72. The van der Waals surface area contributed by atoms with Crippen molar-refractivity contribution in [2.24, 2.45) is 28.4 Å². The Bertz CT molecular complexity index is 390. The van der Waals surface area contributed by atoms with Gasteiger partial charge in [-0.3, -0.25) is 4.90 Å². The van der Waals surface area contributed by atoms with E-state index in [-0.39, 0.29) is 23.5 Å². The average molecular weight is 296 g/mol. The molecule has 0 spiro atoms. The maximum absolute atomic E-state index is 10.1. The Morgan fingerprint density at radius 1 is 1.29 bits per heavy atom. The van der Waals surface area contributed by atoms with Crippen LogP contribution in [0.15, 0.2) is 0 Å². The van der Waals surface area contributed by atoms with Crippen LogP contribution in [-0.4, -0.2) is 55.0 Å². The van der Waals surface area contributed by atoms with Gasteiger partial charge in [0, 0.05) is 31.2 Å². The number of nitrogens with two attached hydrogens (primary N) is 1. The van der Waals surface area contributed by atoms with E-state index in [9.17, 15) is 5.11 Å². The largest absolute Gasteiger partial charge is 0.396 e. The highest BCUT2D eigenvalue weighted by atomic mass is 16.5. The van der Waals surface area contributed by atoms with Crippen molar-refractivity contribution >= 4 is 0 Å². The van der Waals surface area contributed by atoms with E-state index >= 15 is 0 Å². The first kappa shape index (κ1) is 15.7. The van der Waals surface area contributed by atoms with Gasteiger partial charge < -0.3 is 15.6 Å². The zero-order valence-corrected chi connectivity index (χ0v) is 13.9. The Balaban J connectivity index is 2.06. The molecule has 3 aliphatic rings. The minimum absolute atomic E-state index is 0.0483. The first-order chi connectivity index (χ1) is 9.94. The lowest BCUT2D eigenvalue weighted by molar-refractivity contribution is -0.125. The second-order valence-corrected chi connectivity index (χ2v) is 8.13. The van der Waals surface area contributed by atoms with Crippen LogP contribution in [0.3, 0.4) is 0 Å². The molecule has 122 valence electrons. The Labute approximate surface area is 129 Å². The van der Waals surface area contributed by atoms with Crippen LogP contribution in [0, 0.1) is 22.7 Å². The molecule has 0 radical (unpaired) electrons. The van der Waals surface area contributed by atoms with Crippen molar-refractivity contribution < 1.29 is 9.84 Å². The van der Waals surface area contributed by atoms with Crippen LogP contribution in [0.4, 0.5) is 0 Å². The van der Waals surface area contributed by atoms with E-state index in [1.54, 1.807) is 0 Å². The summed E-state index contributed by atoms with van der Waals surface area (Å²) in [6.45, 7) is 11.7. The SMILES string of the molecule is CC1(C)C2CCC1(C)C(C(CN)CO)(N1CCOCC1)C2. The first-order valence-electron chi connectivity index (χ1n) is 8.58. The van der Waals surface area contributed by atoms with Crippen LogP contribution in [-0.2, 0) is 4.74 Å². The Hall–Kier alpha value is -0.160. The third kappa shape index (κ3) is 1.82. The topological polar surface area (TPSA) is 58.7 Å². The molecular weight excluding hydrogens is 264 g/mol. The Kier molecular flexibility index (Phi) is 3.89. The summed E-state index contributed by atoms with van der Waals surface area (Å²) >= 11 is 0. The summed E-state index contributed by atoms with van der Waals surface area (Å²) in [4.78, 5) is 2.63. The standard InChI is InChI=1S/C17H32N2O2/c1-15(2)13-4-5-16(15,3)17(10-13,14(11-18)12-20)19-6-8-21-9-7-19/h13-14,20H,4-12,18H2,1-3H3. The zero-order valence-electron chi connectivity index (χ0n) is 13.9. The highest BCUT2D eigenvalue weighted by Gasteiger charge is 2.71. The summed E-state index contributed by atoms with van der Waals surface area (Å²) in [6, 6.07) is 0. The van der Waals surface area contributed by atoms with E-state index in [1.165, 1.54) is 19.3 Å². The smallest absolute Gasteiger partial charge is 0.0594 e. The lowest BCUT2D eigenvalue weighted by atomic mass is 9.57. The van der Waals surface area contributed by atoms with Crippen molar-refractivity contribution in [3.8, 4) is 0 Å². The fourth-order valence-electron chi connectivity index (χ4n) is 6.07. The van der Waals surface area contributed by atoms with Crippen molar-refractivity contribution in [3.05, 3.63) is 0 Å². The molecule has 2 saturated carbocycles. The van der Waals surface area contributed by atoms with Gasteiger partial charge in [-0.1, -0.05) is 20.8 Å². The molecule has 3 fully saturated rings. The van der Waals surface area contributed by atoms with Crippen LogP contribution in [0.25, 0.3) is 0 Å². The van der Waals surface area contributed by atoms with E-state index in [4.69, 9.17) is 10.5 Å². The molecule has 21 heavy (non-hydrogen) atoms. The summed E-state index contributed by atoms with van der Waals surface area (Å²) < 4.78 is 5.58. The van der Waals surface area contributed by atoms with Crippen molar-refractivity contribution in [2.75, 3.05) is 39.5 Å². The Morgan fingerprint density at radius 3 is 2.38 bits per heavy atom. The molecule has 0 aromatic carbocycles. The maximum Gasteiger partial charge on any atom is 0.0594 e. The van der Waals surface area contributed by atoms with E-state index in [0.29, 0.717) is 12.0 Å². The monoisotopic (exact) mass is 296 g/mol. The van der Waals surface area contributed by atoms with Gasteiger partial charge in [0.25, 0.3) is 0 Å². The molecule has 0 aromatic heterocycles. The van der Waals surface area contributed by atoms with E-state index in [0.717, 1.165) is 32.2 Å². The fraction of sp³-hybridized carbons (Fsp3) is 1.00. The van der Waals surface area contributed by atoms with Gasteiger partial charge in [-0.25, -0.2) is 0 Å². The predicted molar refractivity (Wildman–Crippen MR) is 84.0 cm³/mol. The summed E-state index contributed by atoms with van der Waals surface area (Å²) in [7, 11) is 0. The molecule has 4 nitrogen and oxygen atoms in total. The van der Waals surface area contributed by atoms with Crippen molar-refractivity contribution in [2.45, 2.75) is 45.6 Å². The van der Waals surface area contributed by atoms with Gasteiger partial charge in [0.05, 0.1) is 13.2 Å². The third-order valence-electron chi connectivity index (χ3n) is 7.70. The van der Waals surface area contributed by atoms with Crippen molar-refractivity contribution in [1.29, 1.82) is 0 Å². The number of fused-ring (bicyclic) bond motifs is 2. The minimum atomic E-state index is 0.0483. The molecule has 1 aliphatic heterocycles. The number of hydrogen-bond donors (Lipinski definition) is 2. The Morgan fingerprint density at radius 2 is 1.95 bits per heavy atom. The average Bonchev–Trinajstić information content (AvgIpc) is 2.81. The highest BCUT2D eigenvalue weighted by molar-refractivity contribution is 5.23. The highest BCUT2D eigenvalue weighted by Crippen LogP contribution is 2.72. The number of nitrogens with zero attached hydrogens (tertiary/aromatic N) is 1. The molecule has 0 amide bonds. The van der Waals surface area contributed by atoms with Gasteiger partial charge >= 0.3 is 0 Å². The van der Waals surface area contributed by atoms with Gasteiger partial charge in [-0.05, 0) is 42.6 Å². The van der Waals surface area contributed by atoms with Crippen LogP contribution >= 0.6 is 0 Å². The van der Waals surface area contributed by atoms with Crippen LogP contribution < -0.4 is 5.73 Å². The zero-order chi connectivity index (χ0) is 15.3. The van der Waals surface area contributed by atoms with Crippen molar-refractivity contribution in [1.82, 2.24) is 4.90 Å². The second-order valence-electron chi connectivity index (χ2n) is 8.13. The van der Waals surface area contributed by atoms with Crippen LogP contribution in [0.5, 0.6) is 0 Å². The lowest BCUT2D eigenvalue weighted by Crippen LogP contribution is -2.67. The molecule has 3 rings (SSSR count). The summed E-state index contributed by atoms with van der Waals surface area (Å²) in [5, 5.41) is 10.1. The van der Waals surface area contributed by atoms with Gasteiger partial charge in [0.2, 0.25) is 0 Å². The normalized spacial score (nSPS) is 44.1. The molecule has 2 aliphatic carbocycles. The number of aliphatic hydroxyl groups excluding tert-OH is 1. The number of hydrogen-bond acceptors (Lipinski definition) is 4. The molecule has 0 aromatic rings. The lowest BCUT2D eigenvalue weighted by Gasteiger charge is -2.59. The predicted octanol–water partition coefficient (Wildman–Crippen LogP) is 1.47. The molecular formula is C17H32N2O2. The van der Waals surface area contributed by atoms with Crippen LogP contribution in [0.1, 0.15) is 40.0 Å². The summed E-state index contributed by atoms with van der Waals surface area (Å²) in [6.07, 6.45) is 3.79. The van der Waals surface area contributed by atoms with Crippen molar-refractivity contribution in [3.63, 3.8) is 0 Å². The molecule has 2 bridgehead atoms. The van der Waals surface area contributed by atoms with Gasteiger partial charge in [-0.15, -0.1) is 0 Å². The van der Waals surface area contributed by atoms with E-state index in [1.807, 2.05) is 0 Å². The molecule has 4 heteroatoms. The van der Waals surface area contributed by atoms with Gasteiger partial charge in [0.15, 0.2) is 0 Å².